The number of carbonyl (C=O) groups excluding carboxylic acids is 1. The highest BCUT2D eigenvalue weighted by atomic mass is 35.5. The molecule has 3 N–H and O–H groups in total. The highest BCUT2D eigenvalue weighted by Gasteiger charge is 2.17. The van der Waals surface area contributed by atoms with Gasteiger partial charge in [0.05, 0.1) is 14.2 Å². The maximum Gasteiger partial charge on any atom is 0.220 e. The van der Waals surface area contributed by atoms with E-state index in [1.165, 1.54) is 0 Å². The van der Waals surface area contributed by atoms with Crippen LogP contribution in [0.4, 0.5) is 0 Å². The van der Waals surface area contributed by atoms with Crippen LogP contribution in [0.3, 0.4) is 0 Å². The topological polar surface area (TPSA) is 73.6 Å². The highest BCUT2D eigenvalue weighted by Crippen LogP contribution is 2.23. The molecule has 0 aliphatic carbocycles. The number of aryl methyl sites for hydroxylation is 1. The Morgan fingerprint density at radius 3 is 2.14 bits per heavy atom. The van der Waals surface area contributed by atoms with Crippen molar-refractivity contribution in [3.05, 3.63) is 23.8 Å². The predicted molar refractivity (Wildman–Crippen MR) is 86.4 cm³/mol. The third-order valence-corrected chi connectivity index (χ3v) is 3.04. The van der Waals surface area contributed by atoms with E-state index in [0.717, 1.165) is 17.1 Å². The normalized spacial score (nSPS) is 10.5. The summed E-state index contributed by atoms with van der Waals surface area (Å²) in [6.45, 7) is 4.21. The first kappa shape index (κ1) is 19.5. The molecule has 0 fully saturated rings. The number of methoxy groups -OCH3 is 2. The maximum absolute atomic E-state index is 11.9. The summed E-state index contributed by atoms with van der Waals surface area (Å²) in [5, 5.41) is 2.91. The number of carbonyl (C=O) groups is 1. The lowest BCUT2D eigenvalue weighted by atomic mass is 10.0. The van der Waals surface area contributed by atoms with E-state index in [1.54, 1.807) is 20.3 Å². The van der Waals surface area contributed by atoms with Crippen LogP contribution in [0.15, 0.2) is 18.2 Å². The van der Waals surface area contributed by atoms with E-state index in [4.69, 9.17) is 15.2 Å². The van der Waals surface area contributed by atoms with Crippen molar-refractivity contribution in [3.63, 3.8) is 0 Å². The standard InChI is InChI=1S/C15H24N2O3.ClH/c1-15(2,10-16)17-14(18)6-5-11-7-12(19-3)9-13(8-11)20-4;/h7-9H,5-6,10,16H2,1-4H3,(H,17,18);1H. The van der Waals surface area contributed by atoms with Gasteiger partial charge in [-0.25, -0.2) is 0 Å². The van der Waals surface area contributed by atoms with Gasteiger partial charge in [-0.2, -0.15) is 0 Å². The Morgan fingerprint density at radius 1 is 1.19 bits per heavy atom. The first-order valence-electron chi connectivity index (χ1n) is 6.63. The summed E-state index contributed by atoms with van der Waals surface area (Å²) in [7, 11) is 3.21. The van der Waals surface area contributed by atoms with Crippen LogP contribution in [0.5, 0.6) is 11.5 Å². The van der Waals surface area contributed by atoms with Gasteiger partial charge in [-0.05, 0) is 38.0 Å². The molecule has 0 bridgehead atoms. The second-order valence-electron chi connectivity index (χ2n) is 5.36. The zero-order valence-corrected chi connectivity index (χ0v) is 13.9. The summed E-state index contributed by atoms with van der Waals surface area (Å²) < 4.78 is 10.4. The highest BCUT2D eigenvalue weighted by molar-refractivity contribution is 5.85. The Labute approximate surface area is 132 Å². The third kappa shape index (κ3) is 6.69. The van der Waals surface area contributed by atoms with Crippen molar-refractivity contribution in [2.24, 2.45) is 5.73 Å². The summed E-state index contributed by atoms with van der Waals surface area (Å²) in [4.78, 5) is 11.9. The lowest BCUT2D eigenvalue weighted by Gasteiger charge is -2.24. The fourth-order valence-corrected chi connectivity index (χ4v) is 1.76. The molecule has 0 unspecified atom stereocenters. The molecule has 21 heavy (non-hydrogen) atoms. The lowest BCUT2D eigenvalue weighted by Crippen LogP contribution is -2.48. The van der Waals surface area contributed by atoms with Gasteiger partial charge in [-0.1, -0.05) is 0 Å². The summed E-state index contributed by atoms with van der Waals surface area (Å²) in [5.41, 5.74) is 6.22. The lowest BCUT2D eigenvalue weighted by molar-refractivity contribution is -0.122. The first-order valence-corrected chi connectivity index (χ1v) is 6.63. The van der Waals surface area contributed by atoms with Gasteiger partial charge in [-0.3, -0.25) is 4.79 Å². The van der Waals surface area contributed by atoms with Crippen LogP contribution in [0.25, 0.3) is 0 Å². The number of hydrogen-bond acceptors (Lipinski definition) is 4. The first-order chi connectivity index (χ1) is 9.40. The average Bonchev–Trinajstić information content (AvgIpc) is 2.44. The molecule has 0 aromatic heterocycles. The maximum atomic E-state index is 11.9. The van der Waals surface area contributed by atoms with Crippen molar-refractivity contribution >= 4 is 18.3 Å². The molecule has 1 amide bonds. The number of halogens is 1. The van der Waals surface area contributed by atoms with Gasteiger partial charge >= 0.3 is 0 Å². The Balaban J connectivity index is 0.00000400. The van der Waals surface area contributed by atoms with E-state index in [9.17, 15) is 4.79 Å². The van der Waals surface area contributed by atoms with Gasteiger partial charge in [0, 0.05) is 24.6 Å². The molecule has 0 spiro atoms. The van der Waals surface area contributed by atoms with Crippen LogP contribution in [0, 0.1) is 0 Å². The van der Waals surface area contributed by atoms with E-state index in [2.05, 4.69) is 5.32 Å². The predicted octanol–water partition coefficient (Wildman–Crippen LogP) is 1.91. The number of nitrogens with one attached hydrogen (secondary N) is 1. The Bertz CT molecular complexity index is 442. The molecule has 0 atom stereocenters. The van der Waals surface area contributed by atoms with E-state index in [-0.39, 0.29) is 23.9 Å². The van der Waals surface area contributed by atoms with Gasteiger partial charge in [0.25, 0.3) is 0 Å². The van der Waals surface area contributed by atoms with Crippen molar-refractivity contribution in [1.82, 2.24) is 5.32 Å². The third-order valence-electron chi connectivity index (χ3n) is 3.04. The van der Waals surface area contributed by atoms with Crippen molar-refractivity contribution in [1.29, 1.82) is 0 Å². The number of nitrogens with two attached hydrogens (primary N) is 1. The summed E-state index contributed by atoms with van der Waals surface area (Å²) in [5.74, 6) is 1.44. The van der Waals surface area contributed by atoms with Crippen molar-refractivity contribution < 1.29 is 14.3 Å². The number of benzene rings is 1. The minimum absolute atomic E-state index is 0. The number of hydrogen-bond donors (Lipinski definition) is 2. The molecule has 0 aliphatic heterocycles. The van der Waals surface area contributed by atoms with Crippen molar-refractivity contribution in [2.45, 2.75) is 32.2 Å². The van der Waals surface area contributed by atoms with Crippen LogP contribution < -0.4 is 20.5 Å². The second-order valence-corrected chi connectivity index (χ2v) is 5.36. The van der Waals surface area contributed by atoms with E-state index in [0.29, 0.717) is 19.4 Å². The van der Waals surface area contributed by atoms with Gasteiger partial charge in [0.1, 0.15) is 11.5 Å². The molecule has 0 saturated heterocycles. The molecule has 120 valence electrons. The van der Waals surface area contributed by atoms with E-state index < -0.39 is 0 Å². The fourth-order valence-electron chi connectivity index (χ4n) is 1.76. The second kappa shape index (κ2) is 8.74. The van der Waals surface area contributed by atoms with Crippen LogP contribution in [-0.4, -0.2) is 32.2 Å². The monoisotopic (exact) mass is 316 g/mol. The minimum atomic E-state index is -0.372. The quantitative estimate of drug-likeness (QED) is 0.806. The van der Waals surface area contributed by atoms with Crippen LogP contribution in [0.2, 0.25) is 0 Å². The molecular weight excluding hydrogens is 292 g/mol. The smallest absolute Gasteiger partial charge is 0.220 e. The van der Waals surface area contributed by atoms with Gasteiger partial charge < -0.3 is 20.5 Å². The van der Waals surface area contributed by atoms with Crippen LogP contribution in [-0.2, 0) is 11.2 Å². The van der Waals surface area contributed by atoms with Gasteiger partial charge in [-0.15, -0.1) is 12.4 Å². The average molecular weight is 317 g/mol. The molecule has 0 radical (unpaired) electrons. The SMILES string of the molecule is COc1cc(CCC(=O)NC(C)(C)CN)cc(OC)c1.Cl. The zero-order chi connectivity index (χ0) is 15.2. The molecular formula is C15H25ClN2O3. The van der Waals surface area contributed by atoms with Crippen LogP contribution >= 0.6 is 12.4 Å². The molecule has 1 aromatic rings. The Hall–Kier alpha value is -1.46. The number of ether oxygens (including phenoxy) is 2. The van der Waals surface area contributed by atoms with Crippen molar-refractivity contribution in [3.8, 4) is 11.5 Å². The van der Waals surface area contributed by atoms with E-state index in [1.807, 2.05) is 26.0 Å². The molecule has 5 nitrogen and oxygen atoms in total. The molecule has 0 aliphatic rings. The molecule has 1 aromatic carbocycles. The largest absolute Gasteiger partial charge is 0.497 e. The molecule has 1 rings (SSSR count). The Morgan fingerprint density at radius 2 is 1.71 bits per heavy atom. The summed E-state index contributed by atoms with van der Waals surface area (Å²) in [6, 6.07) is 5.62. The fraction of sp³-hybridized carbons (Fsp3) is 0.533. The zero-order valence-electron chi connectivity index (χ0n) is 13.1. The van der Waals surface area contributed by atoms with Gasteiger partial charge in [0.2, 0.25) is 5.91 Å². The van der Waals surface area contributed by atoms with Gasteiger partial charge in [0.15, 0.2) is 0 Å². The summed E-state index contributed by atoms with van der Waals surface area (Å²) >= 11 is 0. The Kier molecular flexibility index (Phi) is 8.14. The van der Waals surface area contributed by atoms with E-state index >= 15 is 0 Å². The van der Waals surface area contributed by atoms with Crippen LogP contribution in [0.1, 0.15) is 25.8 Å². The number of rotatable bonds is 7. The van der Waals surface area contributed by atoms with Crippen molar-refractivity contribution in [2.75, 3.05) is 20.8 Å². The number of amides is 1. The summed E-state index contributed by atoms with van der Waals surface area (Å²) in [6.07, 6.45) is 1.03. The molecule has 0 saturated carbocycles. The molecule has 0 heterocycles. The minimum Gasteiger partial charge on any atom is -0.497 e. The molecule has 6 heteroatoms.